The summed E-state index contributed by atoms with van der Waals surface area (Å²) in [6, 6.07) is -1.18. The van der Waals surface area contributed by atoms with Gasteiger partial charge in [-0.15, -0.1) is 0 Å². The molecule has 1 aliphatic rings. The molecule has 1 amide bonds. The van der Waals surface area contributed by atoms with Gasteiger partial charge in [0.2, 0.25) is 5.91 Å². The first-order valence-corrected chi connectivity index (χ1v) is 28.6. The monoisotopic (exact) mass is 956 g/mol. The van der Waals surface area contributed by atoms with Gasteiger partial charge in [-0.1, -0.05) is 244 Å². The highest BCUT2D eigenvalue weighted by atomic mass is 16.7. The summed E-state index contributed by atoms with van der Waals surface area (Å²) in [6.07, 6.45) is 41.4. The summed E-state index contributed by atoms with van der Waals surface area (Å²) in [4.78, 5) is 13.2. The van der Waals surface area contributed by atoms with Crippen molar-refractivity contribution in [1.29, 1.82) is 0 Å². The van der Waals surface area contributed by atoms with Crippen molar-refractivity contribution in [2.24, 2.45) is 0 Å². The Morgan fingerprint density at radius 1 is 0.507 bits per heavy atom. The molecule has 1 saturated heterocycles. The molecule has 0 radical (unpaired) electrons. The topological polar surface area (TPSA) is 189 Å². The minimum Gasteiger partial charge on any atom is -0.394 e. The van der Waals surface area contributed by atoms with Gasteiger partial charge in [0.25, 0.3) is 0 Å². The van der Waals surface area contributed by atoms with Crippen molar-refractivity contribution < 1.29 is 50.0 Å². The lowest BCUT2D eigenvalue weighted by Crippen LogP contribution is -2.60. The third-order valence-electron chi connectivity index (χ3n) is 14.1. The highest BCUT2D eigenvalue weighted by Gasteiger charge is 2.44. The summed E-state index contributed by atoms with van der Waals surface area (Å²) in [5, 5.41) is 76.0. The van der Waals surface area contributed by atoms with E-state index in [-0.39, 0.29) is 12.8 Å². The molecular weight excluding hydrogens is 847 g/mol. The molecule has 1 aliphatic heterocycles. The van der Waals surface area contributed by atoms with Crippen LogP contribution in [0.2, 0.25) is 0 Å². The summed E-state index contributed by atoms with van der Waals surface area (Å²) in [5.41, 5.74) is 0. The summed E-state index contributed by atoms with van der Waals surface area (Å²) < 4.78 is 11.1. The first-order chi connectivity index (χ1) is 32.7. The zero-order valence-corrected chi connectivity index (χ0v) is 43.4. The Labute approximate surface area is 411 Å². The van der Waals surface area contributed by atoms with Crippen LogP contribution in [0.4, 0.5) is 0 Å². The van der Waals surface area contributed by atoms with Crippen LogP contribution in [0.5, 0.6) is 0 Å². The maximum atomic E-state index is 13.2. The van der Waals surface area contributed by atoms with E-state index in [2.05, 4.69) is 31.3 Å². The Hall–Kier alpha value is -1.15. The van der Waals surface area contributed by atoms with Crippen molar-refractivity contribution in [3.05, 3.63) is 12.2 Å². The molecule has 0 bridgehead atoms. The Kier molecular flexibility index (Phi) is 43.8. The van der Waals surface area contributed by atoms with E-state index in [1.807, 2.05) is 0 Å². The third kappa shape index (κ3) is 34.8. The van der Waals surface area contributed by atoms with Crippen LogP contribution in [0.1, 0.15) is 271 Å². The van der Waals surface area contributed by atoms with Crippen LogP contribution in [0.15, 0.2) is 12.2 Å². The van der Waals surface area contributed by atoms with E-state index in [4.69, 9.17) is 9.47 Å². The Morgan fingerprint density at radius 2 is 0.881 bits per heavy atom. The number of aliphatic hydroxyl groups is 7. The van der Waals surface area contributed by atoms with Gasteiger partial charge in [0.1, 0.15) is 36.6 Å². The van der Waals surface area contributed by atoms with Crippen molar-refractivity contribution in [3.63, 3.8) is 0 Å². The van der Waals surface area contributed by atoms with Crippen LogP contribution in [-0.2, 0) is 14.3 Å². The van der Waals surface area contributed by atoms with Gasteiger partial charge >= 0.3 is 0 Å². The number of ether oxygens (including phenoxy) is 2. The van der Waals surface area contributed by atoms with E-state index in [0.717, 1.165) is 38.5 Å². The Bertz CT molecular complexity index is 1100. The van der Waals surface area contributed by atoms with Crippen LogP contribution in [-0.4, -0.2) is 110 Å². The first-order valence-electron chi connectivity index (χ1n) is 28.6. The van der Waals surface area contributed by atoms with Gasteiger partial charge in [-0.25, -0.2) is 0 Å². The molecule has 0 aromatic heterocycles. The number of hydrogen-bond donors (Lipinski definition) is 8. The second kappa shape index (κ2) is 46.0. The number of aliphatic hydroxyl groups excluding tert-OH is 7. The van der Waals surface area contributed by atoms with Crippen molar-refractivity contribution in [1.82, 2.24) is 5.32 Å². The summed E-state index contributed by atoms with van der Waals surface area (Å²) in [6.45, 7) is 3.46. The minimum atomic E-state index is -1.66. The molecule has 11 nitrogen and oxygen atoms in total. The maximum absolute atomic E-state index is 13.2. The smallest absolute Gasteiger partial charge is 0.249 e. The lowest BCUT2D eigenvalue weighted by atomic mass is 9.98. The van der Waals surface area contributed by atoms with Gasteiger partial charge in [0.15, 0.2) is 6.29 Å². The van der Waals surface area contributed by atoms with Crippen LogP contribution in [0.3, 0.4) is 0 Å². The van der Waals surface area contributed by atoms with Crippen molar-refractivity contribution in [2.45, 2.75) is 326 Å². The molecule has 0 aromatic carbocycles. The third-order valence-corrected chi connectivity index (χ3v) is 14.1. The fourth-order valence-electron chi connectivity index (χ4n) is 9.39. The maximum Gasteiger partial charge on any atom is 0.249 e. The van der Waals surface area contributed by atoms with E-state index >= 15 is 0 Å². The largest absolute Gasteiger partial charge is 0.394 e. The lowest BCUT2D eigenvalue weighted by molar-refractivity contribution is -0.303. The average molecular weight is 956 g/mol. The standard InChI is InChI=1S/C56H109NO10/c1-3-5-7-9-11-13-15-17-19-20-21-22-23-24-25-26-27-28-29-30-32-34-36-38-40-42-44-49(60)55(65)57-47(46-66-56-54(64)53(63)52(62)50(45-58)67-56)51(61)48(59)43-41-39-37-35-33-31-18-16-14-12-10-8-6-4-2/h35,37,47-54,56,58-64H,3-34,36,38-46H2,1-2H3,(H,57,65)/b37-35+. The Morgan fingerprint density at radius 3 is 1.28 bits per heavy atom. The molecular formula is C56H109NO10. The summed E-state index contributed by atoms with van der Waals surface area (Å²) >= 11 is 0. The molecule has 8 N–H and O–H groups in total. The zero-order chi connectivity index (χ0) is 49.0. The minimum absolute atomic E-state index is 0.259. The highest BCUT2D eigenvalue weighted by Crippen LogP contribution is 2.23. The van der Waals surface area contributed by atoms with Gasteiger partial charge < -0.3 is 50.5 Å². The number of unbranched alkanes of at least 4 members (excludes halogenated alkanes) is 35. The molecule has 9 unspecified atom stereocenters. The summed E-state index contributed by atoms with van der Waals surface area (Å²) in [5.74, 6) is -0.701. The number of amides is 1. The molecule has 67 heavy (non-hydrogen) atoms. The van der Waals surface area contributed by atoms with E-state index in [9.17, 15) is 40.5 Å². The van der Waals surface area contributed by atoms with Crippen LogP contribution < -0.4 is 5.32 Å². The van der Waals surface area contributed by atoms with Crippen molar-refractivity contribution in [3.8, 4) is 0 Å². The van der Waals surface area contributed by atoms with Crippen molar-refractivity contribution >= 4 is 5.91 Å². The van der Waals surface area contributed by atoms with Gasteiger partial charge in [-0.3, -0.25) is 4.79 Å². The van der Waals surface area contributed by atoms with Gasteiger partial charge in [0, 0.05) is 0 Å². The van der Waals surface area contributed by atoms with Crippen molar-refractivity contribution in [2.75, 3.05) is 13.2 Å². The van der Waals surface area contributed by atoms with Crippen LogP contribution in [0.25, 0.3) is 0 Å². The van der Waals surface area contributed by atoms with Gasteiger partial charge in [-0.2, -0.15) is 0 Å². The number of nitrogens with one attached hydrogen (secondary N) is 1. The molecule has 1 heterocycles. The Balaban J connectivity index is 2.27. The SMILES string of the molecule is CCCCCCCCCCC/C=C/CCCC(O)C(O)C(COC1OC(CO)C(O)C(O)C1O)NC(=O)C(O)CCCCCCCCCCCCCCCCCCCCCCCCCCCC. The fourth-order valence-corrected chi connectivity index (χ4v) is 9.39. The van der Waals surface area contributed by atoms with Crippen LogP contribution >= 0.6 is 0 Å². The molecule has 0 saturated carbocycles. The van der Waals surface area contributed by atoms with Crippen LogP contribution in [0, 0.1) is 0 Å². The van der Waals surface area contributed by atoms with E-state index < -0.39 is 74.2 Å². The average Bonchev–Trinajstić information content (AvgIpc) is 3.33. The van der Waals surface area contributed by atoms with E-state index in [1.54, 1.807) is 0 Å². The molecule has 9 atom stereocenters. The summed E-state index contributed by atoms with van der Waals surface area (Å²) in [7, 11) is 0. The quantitative estimate of drug-likeness (QED) is 0.0215. The number of carbonyl (C=O) groups excluding carboxylic acids is 1. The highest BCUT2D eigenvalue weighted by molar-refractivity contribution is 5.80. The number of carbonyl (C=O) groups is 1. The second-order valence-corrected chi connectivity index (χ2v) is 20.4. The number of rotatable bonds is 49. The molecule has 0 aliphatic carbocycles. The predicted molar refractivity (Wildman–Crippen MR) is 275 cm³/mol. The predicted octanol–water partition coefficient (Wildman–Crippen LogP) is 11.6. The molecule has 1 rings (SSSR count). The number of hydrogen-bond acceptors (Lipinski definition) is 10. The molecule has 0 aromatic rings. The molecule has 1 fully saturated rings. The number of allylic oxidation sites excluding steroid dienone is 2. The molecule has 11 heteroatoms. The first kappa shape index (κ1) is 63.9. The zero-order valence-electron chi connectivity index (χ0n) is 43.4. The van der Waals surface area contributed by atoms with E-state index in [1.165, 1.54) is 193 Å². The van der Waals surface area contributed by atoms with E-state index in [0.29, 0.717) is 12.8 Å². The van der Waals surface area contributed by atoms with Gasteiger partial charge in [0.05, 0.1) is 25.4 Å². The molecule has 398 valence electrons. The second-order valence-electron chi connectivity index (χ2n) is 20.4. The normalized spacial score (nSPS) is 20.6. The fraction of sp³-hybridized carbons (Fsp3) is 0.946. The lowest BCUT2D eigenvalue weighted by Gasteiger charge is -2.40. The molecule has 0 spiro atoms. The van der Waals surface area contributed by atoms with Gasteiger partial charge in [-0.05, 0) is 38.5 Å².